The maximum Gasteiger partial charge on any atom is 0.321 e. The molecule has 0 aliphatic carbocycles. The number of carbonyl (C=O) groups is 2. The van der Waals surface area contributed by atoms with E-state index in [1.165, 1.54) is 37.8 Å². The molecule has 0 saturated carbocycles. The van der Waals surface area contributed by atoms with Gasteiger partial charge >= 0.3 is 5.97 Å². The van der Waals surface area contributed by atoms with Gasteiger partial charge in [-0.3, -0.25) is 9.59 Å². The molecule has 1 heterocycles. The summed E-state index contributed by atoms with van der Waals surface area (Å²) in [5.74, 6) is -1.72. The summed E-state index contributed by atoms with van der Waals surface area (Å²) in [6, 6.07) is -0.0795. The van der Waals surface area contributed by atoms with E-state index >= 15 is 0 Å². The number of aryl methyl sites for hydroxylation is 1. The highest BCUT2D eigenvalue weighted by atomic mass is 32.2. The van der Waals surface area contributed by atoms with Gasteiger partial charge in [0.05, 0.1) is 0 Å². The van der Waals surface area contributed by atoms with Crippen molar-refractivity contribution in [1.29, 1.82) is 0 Å². The Labute approximate surface area is 110 Å². The Morgan fingerprint density at radius 2 is 2.00 bits per heavy atom. The first-order valence-electron chi connectivity index (χ1n) is 5.32. The third-order valence-electron chi connectivity index (χ3n) is 2.45. The van der Waals surface area contributed by atoms with E-state index in [2.05, 4.69) is 5.32 Å². The number of amides is 1. The van der Waals surface area contributed by atoms with Crippen molar-refractivity contribution in [3.05, 3.63) is 18.0 Å². The number of carbonyl (C=O) groups excluding carboxylic acids is 1. The quantitative estimate of drug-likeness (QED) is 0.651. The van der Waals surface area contributed by atoms with Gasteiger partial charge in [-0.2, -0.15) is 4.72 Å². The van der Waals surface area contributed by atoms with E-state index in [0.717, 1.165) is 0 Å². The van der Waals surface area contributed by atoms with E-state index in [1.807, 2.05) is 4.72 Å². The summed E-state index contributed by atoms with van der Waals surface area (Å²) in [6.07, 6.45) is 1.24. The molecule has 0 radical (unpaired) electrons. The molecule has 1 atom stereocenters. The lowest BCUT2D eigenvalue weighted by Crippen LogP contribution is -2.38. The number of sulfonamides is 1. The summed E-state index contributed by atoms with van der Waals surface area (Å²) in [6.45, 7) is 1.21. The first-order chi connectivity index (χ1) is 8.69. The molecule has 1 amide bonds. The molecule has 1 rings (SSSR count). The van der Waals surface area contributed by atoms with Crippen LogP contribution in [0.2, 0.25) is 0 Å². The molecule has 106 valence electrons. The highest BCUT2D eigenvalue weighted by molar-refractivity contribution is 7.89. The zero-order chi connectivity index (χ0) is 14.8. The summed E-state index contributed by atoms with van der Waals surface area (Å²) < 4.78 is 27.2. The fourth-order valence-corrected chi connectivity index (χ4v) is 2.65. The summed E-state index contributed by atoms with van der Waals surface area (Å²) in [5.41, 5.74) is 0.158. The lowest BCUT2D eigenvalue weighted by atomic mass is 10.4. The fourth-order valence-electron chi connectivity index (χ4n) is 1.39. The zero-order valence-electron chi connectivity index (χ0n) is 10.7. The molecule has 9 heteroatoms. The molecule has 3 N–H and O–H groups in total. The van der Waals surface area contributed by atoms with Crippen LogP contribution in [0.5, 0.6) is 0 Å². The van der Waals surface area contributed by atoms with Crippen molar-refractivity contribution in [2.75, 3.05) is 7.05 Å². The van der Waals surface area contributed by atoms with Crippen LogP contribution in [0.25, 0.3) is 0 Å². The predicted octanol–water partition coefficient (Wildman–Crippen LogP) is -0.864. The number of aromatic nitrogens is 1. The van der Waals surface area contributed by atoms with E-state index in [9.17, 15) is 18.0 Å². The minimum Gasteiger partial charge on any atom is -0.480 e. The SMILES string of the molecule is CNC(=O)c1cc(S(=O)(=O)NC(C)C(=O)O)cn1C. The molecule has 0 aliphatic heterocycles. The molecule has 19 heavy (non-hydrogen) atoms. The molecule has 1 unspecified atom stereocenters. The largest absolute Gasteiger partial charge is 0.480 e. The van der Waals surface area contributed by atoms with E-state index < -0.39 is 27.9 Å². The zero-order valence-corrected chi connectivity index (χ0v) is 11.5. The van der Waals surface area contributed by atoms with E-state index in [-0.39, 0.29) is 10.6 Å². The number of nitrogens with one attached hydrogen (secondary N) is 2. The second kappa shape index (κ2) is 5.41. The minimum atomic E-state index is -3.98. The van der Waals surface area contributed by atoms with E-state index in [4.69, 9.17) is 5.11 Å². The lowest BCUT2D eigenvalue weighted by molar-refractivity contribution is -0.138. The Bertz CT molecular complexity index is 605. The first kappa shape index (κ1) is 15.2. The molecule has 0 aromatic carbocycles. The van der Waals surface area contributed by atoms with Crippen molar-refractivity contribution in [2.24, 2.45) is 7.05 Å². The molecular weight excluding hydrogens is 274 g/mol. The van der Waals surface area contributed by atoms with Crippen LogP contribution < -0.4 is 10.0 Å². The molecule has 1 aromatic rings. The summed E-state index contributed by atoms with van der Waals surface area (Å²) >= 11 is 0. The van der Waals surface area contributed by atoms with Crippen LogP contribution in [-0.2, 0) is 21.9 Å². The molecule has 1 aromatic heterocycles. The van der Waals surface area contributed by atoms with Crippen molar-refractivity contribution < 1.29 is 23.1 Å². The van der Waals surface area contributed by atoms with Crippen LogP contribution in [-0.4, -0.2) is 43.1 Å². The molecule has 0 aliphatic rings. The molecule has 0 saturated heterocycles. The first-order valence-corrected chi connectivity index (χ1v) is 6.81. The van der Waals surface area contributed by atoms with Gasteiger partial charge in [-0.1, -0.05) is 0 Å². The van der Waals surface area contributed by atoms with Crippen molar-refractivity contribution in [1.82, 2.24) is 14.6 Å². The Morgan fingerprint density at radius 1 is 1.42 bits per heavy atom. The number of carboxylic acid groups (broad SMARTS) is 1. The Balaban J connectivity index is 3.10. The van der Waals surface area contributed by atoms with Gasteiger partial charge in [0.15, 0.2) is 0 Å². The summed E-state index contributed by atoms with van der Waals surface area (Å²) in [5, 5.41) is 11.1. The topological polar surface area (TPSA) is 118 Å². The Hall–Kier alpha value is -1.87. The van der Waals surface area contributed by atoms with Gasteiger partial charge in [0, 0.05) is 20.3 Å². The van der Waals surface area contributed by atoms with Gasteiger partial charge in [-0.05, 0) is 13.0 Å². The third kappa shape index (κ3) is 3.32. The minimum absolute atomic E-state index is 0.158. The average Bonchev–Trinajstić information content (AvgIpc) is 2.70. The van der Waals surface area contributed by atoms with E-state index in [0.29, 0.717) is 0 Å². The molecule has 0 bridgehead atoms. The second-order valence-electron chi connectivity index (χ2n) is 3.93. The van der Waals surface area contributed by atoms with Crippen molar-refractivity contribution in [3.8, 4) is 0 Å². The molecule has 8 nitrogen and oxygen atoms in total. The van der Waals surface area contributed by atoms with Crippen molar-refractivity contribution in [3.63, 3.8) is 0 Å². The van der Waals surface area contributed by atoms with Gasteiger partial charge < -0.3 is 15.0 Å². The number of rotatable bonds is 5. The van der Waals surface area contributed by atoms with Crippen LogP contribution in [0, 0.1) is 0 Å². The maximum absolute atomic E-state index is 11.9. The Kier molecular flexibility index (Phi) is 4.32. The maximum atomic E-state index is 11.9. The normalized spacial score (nSPS) is 13.0. The number of hydrogen-bond acceptors (Lipinski definition) is 4. The smallest absolute Gasteiger partial charge is 0.321 e. The predicted molar refractivity (Wildman–Crippen MR) is 66.2 cm³/mol. The number of carboxylic acids is 1. The summed E-state index contributed by atoms with van der Waals surface area (Å²) in [7, 11) is -1.04. The van der Waals surface area contributed by atoms with Gasteiger partial charge in [0.2, 0.25) is 10.0 Å². The average molecular weight is 289 g/mol. The lowest BCUT2D eigenvalue weighted by Gasteiger charge is -2.08. The third-order valence-corrected chi connectivity index (χ3v) is 3.96. The van der Waals surface area contributed by atoms with Gasteiger partial charge in [0.1, 0.15) is 16.6 Å². The van der Waals surface area contributed by atoms with Gasteiger partial charge in [-0.25, -0.2) is 8.42 Å². The highest BCUT2D eigenvalue weighted by Gasteiger charge is 2.24. The monoisotopic (exact) mass is 289 g/mol. The molecule has 0 spiro atoms. The number of hydrogen-bond donors (Lipinski definition) is 3. The van der Waals surface area contributed by atoms with Crippen LogP contribution >= 0.6 is 0 Å². The molecule has 0 fully saturated rings. The fraction of sp³-hybridized carbons (Fsp3) is 0.400. The molecular formula is C10H15N3O5S. The van der Waals surface area contributed by atoms with Crippen molar-refractivity contribution >= 4 is 21.9 Å². The van der Waals surface area contributed by atoms with Gasteiger partial charge in [0.25, 0.3) is 5.91 Å². The second-order valence-corrected chi connectivity index (χ2v) is 5.65. The van der Waals surface area contributed by atoms with Crippen molar-refractivity contribution in [2.45, 2.75) is 17.9 Å². The van der Waals surface area contributed by atoms with Crippen LogP contribution in [0.1, 0.15) is 17.4 Å². The number of aliphatic carboxylic acids is 1. The Morgan fingerprint density at radius 3 is 2.47 bits per heavy atom. The van der Waals surface area contributed by atoms with Crippen LogP contribution in [0.4, 0.5) is 0 Å². The van der Waals surface area contributed by atoms with Gasteiger partial charge in [-0.15, -0.1) is 0 Å². The van der Waals surface area contributed by atoms with E-state index in [1.54, 1.807) is 0 Å². The van der Waals surface area contributed by atoms with Crippen LogP contribution in [0.3, 0.4) is 0 Å². The number of nitrogens with zero attached hydrogens (tertiary/aromatic N) is 1. The summed E-state index contributed by atoms with van der Waals surface area (Å²) in [4.78, 5) is 21.9. The standard InChI is InChI=1S/C10H15N3O5S/c1-6(10(15)16)12-19(17,18)7-4-8(9(14)11-2)13(3)5-7/h4-6,12H,1-3H3,(H,11,14)(H,15,16). The van der Waals surface area contributed by atoms with Crippen LogP contribution in [0.15, 0.2) is 17.2 Å². The highest BCUT2D eigenvalue weighted by Crippen LogP contribution is 2.13.